The first-order chi connectivity index (χ1) is 16.2. The van der Waals surface area contributed by atoms with E-state index in [1.54, 1.807) is 0 Å². The van der Waals surface area contributed by atoms with Crippen LogP contribution >= 0.6 is 0 Å². The molecule has 0 unspecified atom stereocenters. The third-order valence-corrected chi connectivity index (χ3v) is 6.83. The average Bonchev–Trinajstić information content (AvgIpc) is 2.78. The summed E-state index contributed by atoms with van der Waals surface area (Å²) in [5.74, 6) is 0. The summed E-state index contributed by atoms with van der Waals surface area (Å²) in [5.41, 5.74) is 9.78. The smallest absolute Gasteiger partial charge is 0.183 e. The van der Waals surface area contributed by atoms with Gasteiger partial charge in [0, 0.05) is 12.2 Å². The number of rotatable bonds is 9. The van der Waals surface area contributed by atoms with Crippen LogP contribution in [0.4, 0.5) is 11.4 Å². The summed E-state index contributed by atoms with van der Waals surface area (Å²) in [4.78, 5) is 10.5. The molecule has 0 aliphatic carbocycles. The molecule has 0 N–H and O–H groups in total. The van der Waals surface area contributed by atoms with Crippen molar-refractivity contribution in [1.29, 1.82) is 0 Å². The molecular formula is C30H38N2OSi. The third kappa shape index (κ3) is 7.09. The highest BCUT2D eigenvalue weighted by Gasteiger charge is 2.17. The van der Waals surface area contributed by atoms with E-state index >= 15 is 0 Å². The lowest BCUT2D eigenvalue weighted by Gasteiger charge is -2.18. The van der Waals surface area contributed by atoms with E-state index in [0.717, 1.165) is 47.8 Å². The molecule has 0 aliphatic heterocycles. The van der Waals surface area contributed by atoms with Crippen molar-refractivity contribution in [3.63, 3.8) is 0 Å². The Morgan fingerprint density at radius 2 is 1.18 bits per heavy atom. The maximum Gasteiger partial charge on any atom is 0.183 e. The van der Waals surface area contributed by atoms with Gasteiger partial charge in [-0.3, -0.25) is 4.99 Å². The molecule has 3 aromatic rings. The maximum atomic E-state index is 6.16. The van der Waals surface area contributed by atoms with Gasteiger partial charge in [-0.15, -0.1) is 0 Å². The van der Waals surface area contributed by atoms with E-state index in [2.05, 4.69) is 108 Å². The molecular weight excluding hydrogens is 432 g/mol. The van der Waals surface area contributed by atoms with Gasteiger partial charge in [0.2, 0.25) is 0 Å². The molecule has 178 valence electrons. The van der Waals surface area contributed by atoms with E-state index in [4.69, 9.17) is 14.4 Å². The number of nitrogens with zero attached hydrogens (tertiary/aromatic N) is 2. The third-order valence-electron chi connectivity index (χ3n) is 5.76. The highest BCUT2D eigenvalue weighted by atomic mass is 28.4. The zero-order valence-electron chi connectivity index (χ0n) is 21.8. The predicted molar refractivity (Wildman–Crippen MR) is 150 cm³/mol. The summed E-state index contributed by atoms with van der Waals surface area (Å²) in [5, 5.41) is 0. The molecule has 34 heavy (non-hydrogen) atoms. The van der Waals surface area contributed by atoms with Crippen LogP contribution in [0, 0.1) is 27.7 Å². The molecule has 0 spiro atoms. The monoisotopic (exact) mass is 470 g/mol. The van der Waals surface area contributed by atoms with Crippen LogP contribution in [0.1, 0.15) is 40.7 Å². The van der Waals surface area contributed by atoms with Crippen molar-refractivity contribution in [3.05, 3.63) is 94.5 Å². The highest BCUT2D eigenvalue weighted by Crippen LogP contribution is 2.28. The van der Waals surface area contributed by atoms with Crippen LogP contribution in [0.25, 0.3) is 0 Å². The van der Waals surface area contributed by atoms with Crippen LogP contribution in [-0.2, 0) is 4.43 Å². The van der Waals surface area contributed by atoms with Gasteiger partial charge in [-0.1, -0.05) is 66.7 Å². The first kappa shape index (κ1) is 25.8. The van der Waals surface area contributed by atoms with Crippen molar-refractivity contribution in [3.8, 4) is 0 Å². The summed E-state index contributed by atoms with van der Waals surface area (Å²) in [7, 11) is -1.56. The molecule has 0 aromatic heterocycles. The topological polar surface area (TPSA) is 34.0 Å². The lowest BCUT2D eigenvalue weighted by molar-refractivity contribution is 0.307. The van der Waals surface area contributed by atoms with Gasteiger partial charge in [-0.25, -0.2) is 4.99 Å². The lowest BCUT2D eigenvalue weighted by Crippen LogP contribution is -2.26. The van der Waals surface area contributed by atoms with Crippen LogP contribution < -0.4 is 0 Å². The fourth-order valence-corrected chi connectivity index (χ4v) is 4.70. The molecule has 0 atom stereocenters. The van der Waals surface area contributed by atoms with Gasteiger partial charge in [0.25, 0.3) is 0 Å². The molecule has 0 bridgehead atoms. The van der Waals surface area contributed by atoms with Crippen molar-refractivity contribution in [2.45, 2.75) is 60.2 Å². The molecule has 0 aliphatic rings. The standard InChI is InChI=1S/C30H38N2OSi/c1-22-14-11-15-23(2)28(22)31-27(20-13-21-33-34(5,6)7)30(26-18-9-8-10-19-26)32-29-24(3)16-12-17-25(29)4/h8-12,14-19H,13,20-21H2,1-7H3. The summed E-state index contributed by atoms with van der Waals surface area (Å²) in [6.07, 6.45) is 1.71. The Morgan fingerprint density at radius 3 is 1.68 bits per heavy atom. The number of hydrogen-bond donors (Lipinski definition) is 0. The zero-order valence-corrected chi connectivity index (χ0v) is 22.8. The van der Waals surface area contributed by atoms with Crippen molar-refractivity contribution in [1.82, 2.24) is 0 Å². The Bertz CT molecular complexity index is 1130. The van der Waals surface area contributed by atoms with Gasteiger partial charge in [0.1, 0.15) is 0 Å². The number of benzene rings is 3. The van der Waals surface area contributed by atoms with Gasteiger partial charge in [0.15, 0.2) is 8.32 Å². The van der Waals surface area contributed by atoms with Crippen molar-refractivity contribution < 1.29 is 4.43 Å². The molecule has 0 radical (unpaired) electrons. The van der Waals surface area contributed by atoms with Crippen LogP contribution in [0.3, 0.4) is 0 Å². The predicted octanol–water partition coefficient (Wildman–Crippen LogP) is 8.45. The van der Waals surface area contributed by atoms with E-state index in [1.807, 2.05) is 6.07 Å². The minimum absolute atomic E-state index is 0.743. The average molecular weight is 471 g/mol. The van der Waals surface area contributed by atoms with E-state index in [1.165, 1.54) is 22.3 Å². The Labute approximate surface area is 206 Å². The number of aliphatic imine (C=N–C) groups is 2. The minimum atomic E-state index is -1.56. The quantitative estimate of drug-likeness (QED) is 0.175. The number of para-hydroxylation sites is 2. The molecule has 0 heterocycles. The van der Waals surface area contributed by atoms with E-state index in [-0.39, 0.29) is 0 Å². The second kappa shape index (κ2) is 11.5. The normalized spacial score (nSPS) is 12.8. The maximum absolute atomic E-state index is 6.16. The van der Waals surface area contributed by atoms with E-state index < -0.39 is 8.32 Å². The van der Waals surface area contributed by atoms with Gasteiger partial charge in [-0.05, 0) is 82.4 Å². The Hall–Kier alpha value is -2.82. The molecule has 3 rings (SSSR count). The summed E-state index contributed by atoms with van der Waals surface area (Å²) < 4.78 is 6.16. The second-order valence-corrected chi connectivity index (χ2v) is 14.4. The van der Waals surface area contributed by atoms with Gasteiger partial charge < -0.3 is 4.43 Å². The van der Waals surface area contributed by atoms with Gasteiger partial charge in [-0.2, -0.15) is 0 Å². The molecule has 4 heteroatoms. The Morgan fingerprint density at radius 1 is 0.676 bits per heavy atom. The van der Waals surface area contributed by atoms with Crippen molar-refractivity contribution >= 4 is 31.1 Å². The van der Waals surface area contributed by atoms with Gasteiger partial charge in [0.05, 0.1) is 22.8 Å². The van der Waals surface area contributed by atoms with Crippen LogP contribution in [0.2, 0.25) is 19.6 Å². The SMILES string of the molecule is Cc1cccc(C)c1N=C(CCCO[Si](C)(C)C)C(=Nc1c(C)cccc1C)c1ccccc1. The van der Waals surface area contributed by atoms with Gasteiger partial charge >= 0.3 is 0 Å². The molecule has 3 nitrogen and oxygen atoms in total. The Kier molecular flexibility index (Phi) is 8.76. The highest BCUT2D eigenvalue weighted by molar-refractivity contribution is 6.69. The fraction of sp³-hybridized carbons (Fsp3) is 0.333. The molecule has 3 aromatic carbocycles. The van der Waals surface area contributed by atoms with Crippen LogP contribution in [-0.4, -0.2) is 26.3 Å². The number of aryl methyl sites for hydroxylation is 4. The fourth-order valence-electron chi connectivity index (χ4n) is 3.95. The first-order valence-corrected chi connectivity index (χ1v) is 15.5. The molecule has 0 amide bonds. The van der Waals surface area contributed by atoms with Crippen molar-refractivity contribution in [2.24, 2.45) is 9.98 Å². The number of hydrogen-bond acceptors (Lipinski definition) is 3. The largest absolute Gasteiger partial charge is 0.418 e. The molecule has 0 fully saturated rings. The summed E-state index contributed by atoms with van der Waals surface area (Å²) >= 11 is 0. The van der Waals surface area contributed by atoms with E-state index in [0.29, 0.717) is 0 Å². The van der Waals surface area contributed by atoms with Crippen molar-refractivity contribution in [2.75, 3.05) is 6.61 Å². The zero-order chi connectivity index (χ0) is 24.7. The second-order valence-electron chi connectivity index (χ2n) is 9.93. The molecule has 0 saturated carbocycles. The van der Waals surface area contributed by atoms with Crippen LogP contribution in [0.5, 0.6) is 0 Å². The first-order valence-electron chi connectivity index (χ1n) is 12.1. The molecule has 0 saturated heterocycles. The minimum Gasteiger partial charge on any atom is -0.418 e. The Balaban J connectivity index is 2.15. The summed E-state index contributed by atoms with van der Waals surface area (Å²) in [6.45, 7) is 15.9. The summed E-state index contributed by atoms with van der Waals surface area (Å²) in [6, 6.07) is 23.1. The van der Waals surface area contributed by atoms with E-state index in [9.17, 15) is 0 Å². The van der Waals surface area contributed by atoms with Crippen LogP contribution in [0.15, 0.2) is 76.7 Å². The lowest BCUT2D eigenvalue weighted by atomic mass is 10.0.